The third-order valence-corrected chi connectivity index (χ3v) is 2.10. The van der Waals surface area contributed by atoms with E-state index in [1.807, 2.05) is 0 Å². The van der Waals surface area contributed by atoms with Crippen molar-refractivity contribution in [1.29, 1.82) is 0 Å². The summed E-state index contributed by atoms with van der Waals surface area (Å²) in [5, 5.41) is 19.2. The van der Waals surface area contributed by atoms with Crippen molar-refractivity contribution in [2.75, 3.05) is 5.73 Å². The average Bonchev–Trinajstić information content (AvgIpc) is 2.16. The molecule has 0 aromatic heterocycles. The van der Waals surface area contributed by atoms with Gasteiger partial charge in [0.25, 0.3) is 0 Å². The van der Waals surface area contributed by atoms with Gasteiger partial charge in [0, 0.05) is 23.1 Å². The van der Waals surface area contributed by atoms with Crippen molar-refractivity contribution < 1.29 is 14.8 Å². The van der Waals surface area contributed by atoms with E-state index in [2.05, 4.69) is 0 Å². The first kappa shape index (κ1) is 11.0. The molecule has 1 atom stereocenters. The van der Waals surface area contributed by atoms with Crippen molar-refractivity contribution in [3.63, 3.8) is 0 Å². The molecule has 0 spiro atoms. The zero-order valence-electron chi connectivity index (χ0n) is 8.01. The molecule has 1 aromatic rings. The van der Waals surface area contributed by atoms with Crippen LogP contribution in [-0.2, 0) is 0 Å². The van der Waals surface area contributed by atoms with Crippen LogP contribution in [0.4, 0.5) is 5.69 Å². The minimum atomic E-state index is -1.13. The van der Waals surface area contributed by atoms with Crippen molar-refractivity contribution in [2.24, 2.45) is 0 Å². The molecule has 6 nitrogen and oxygen atoms in total. The fraction of sp³-hybridized carbons (Fsp3) is 0.222. The van der Waals surface area contributed by atoms with Crippen LogP contribution >= 0.6 is 0 Å². The molecule has 0 saturated carbocycles. The first-order chi connectivity index (χ1) is 6.93. The number of nitrogens with two attached hydrogens (primary N) is 1. The van der Waals surface area contributed by atoms with Gasteiger partial charge in [-0.05, 0) is 18.2 Å². The smallest absolute Gasteiger partial charge is 0.335 e. The van der Waals surface area contributed by atoms with Crippen LogP contribution in [0.25, 0.3) is 0 Å². The van der Waals surface area contributed by atoms with Gasteiger partial charge in [-0.3, -0.25) is 10.1 Å². The number of aromatic carboxylic acids is 1. The lowest BCUT2D eigenvalue weighted by Gasteiger charge is -2.08. The van der Waals surface area contributed by atoms with Crippen molar-refractivity contribution >= 4 is 11.7 Å². The van der Waals surface area contributed by atoms with Gasteiger partial charge in [0.2, 0.25) is 6.04 Å². The fourth-order valence-corrected chi connectivity index (χ4v) is 1.18. The molecule has 0 aliphatic carbocycles. The minimum absolute atomic E-state index is 0.00657. The third-order valence-electron chi connectivity index (χ3n) is 2.10. The lowest BCUT2D eigenvalue weighted by Crippen LogP contribution is -2.10. The highest BCUT2D eigenvalue weighted by Gasteiger charge is 2.20. The Bertz CT molecular complexity index is 417. The van der Waals surface area contributed by atoms with Gasteiger partial charge in [0.1, 0.15) is 0 Å². The summed E-state index contributed by atoms with van der Waals surface area (Å²) in [7, 11) is 0. The predicted octanol–water partition coefficient (Wildman–Crippen LogP) is 1.30. The Hall–Kier alpha value is -2.11. The monoisotopic (exact) mass is 210 g/mol. The highest BCUT2D eigenvalue weighted by Crippen LogP contribution is 2.23. The lowest BCUT2D eigenvalue weighted by molar-refractivity contribution is -0.524. The van der Waals surface area contributed by atoms with Gasteiger partial charge in [-0.15, -0.1) is 0 Å². The van der Waals surface area contributed by atoms with Crippen molar-refractivity contribution in [2.45, 2.75) is 13.0 Å². The molecule has 0 aliphatic rings. The van der Waals surface area contributed by atoms with E-state index in [1.165, 1.54) is 25.1 Å². The highest BCUT2D eigenvalue weighted by molar-refractivity contribution is 5.88. The van der Waals surface area contributed by atoms with Gasteiger partial charge in [-0.25, -0.2) is 4.79 Å². The van der Waals surface area contributed by atoms with Crippen LogP contribution in [0.2, 0.25) is 0 Å². The molecule has 0 saturated heterocycles. The molecule has 0 aliphatic heterocycles. The Morgan fingerprint density at radius 3 is 2.67 bits per heavy atom. The van der Waals surface area contributed by atoms with Crippen LogP contribution in [0.5, 0.6) is 0 Å². The maximum absolute atomic E-state index is 10.6. The molecule has 0 amide bonds. The number of carboxylic acids is 1. The van der Waals surface area contributed by atoms with Crippen LogP contribution in [0.3, 0.4) is 0 Å². The van der Waals surface area contributed by atoms with E-state index < -0.39 is 16.9 Å². The van der Waals surface area contributed by atoms with Gasteiger partial charge >= 0.3 is 5.97 Å². The molecule has 0 radical (unpaired) electrons. The fourth-order valence-electron chi connectivity index (χ4n) is 1.18. The van der Waals surface area contributed by atoms with E-state index in [0.29, 0.717) is 0 Å². The number of nitrogen functional groups attached to an aromatic ring is 1. The van der Waals surface area contributed by atoms with E-state index in [0.717, 1.165) is 0 Å². The molecule has 0 bridgehead atoms. The number of nitrogens with zero attached hydrogens (tertiary/aromatic N) is 1. The molecule has 0 heterocycles. The third kappa shape index (κ3) is 2.22. The average molecular weight is 210 g/mol. The van der Waals surface area contributed by atoms with Gasteiger partial charge in [0.15, 0.2) is 0 Å². The quantitative estimate of drug-likeness (QED) is 0.444. The summed E-state index contributed by atoms with van der Waals surface area (Å²) in [6, 6.07) is 2.89. The largest absolute Gasteiger partial charge is 0.478 e. The first-order valence-electron chi connectivity index (χ1n) is 4.19. The van der Waals surface area contributed by atoms with Crippen molar-refractivity contribution in [3.8, 4) is 0 Å². The number of carbonyl (C=O) groups is 1. The van der Waals surface area contributed by atoms with Gasteiger partial charge in [-0.2, -0.15) is 0 Å². The Morgan fingerprint density at radius 1 is 1.60 bits per heavy atom. The van der Waals surface area contributed by atoms with Crippen LogP contribution in [0, 0.1) is 10.1 Å². The van der Waals surface area contributed by atoms with E-state index in [1.54, 1.807) is 0 Å². The van der Waals surface area contributed by atoms with E-state index in [-0.39, 0.29) is 16.8 Å². The molecule has 6 heteroatoms. The molecule has 1 rings (SSSR count). The number of hydrogen-bond acceptors (Lipinski definition) is 4. The molecule has 1 unspecified atom stereocenters. The summed E-state index contributed by atoms with van der Waals surface area (Å²) in [4.78, 5) is 20.7. The van der Waals surface area contributed by atoms with Crippen molar-refractivity contribution in [3.05, 3.63) is 39.4 Å². The van der Waals surface area contributed by atoms with E-state index in [9.17, 15) is 14.9 Å². The van der Waals surface area contributed by atoms with Gasteiger partial charge in [0.05, 0.1) is 5.56 Å². The standard InChI is InChI=1S/C9H10N2O4/c1-5(11(14)15)7-4-6(9(12)13)2-3-8(7)10/h2-5H,10H2,1H3,(H,12,13). The normalized spacial score (nSPS) is 12.1. The second kappa shape index (κ2) is 3.95. The molecule has 3 N–H and O–H groups in total. The SMILES string of the molecule is CC(c1cc(C(=O)O)ccc1N)[N+](=O)[O-]. The summed E-state index contributed by atoms with van der Waals surface area (Å²) in [6.45, 7) is 1.36. The molecular formula is C9H10N2O4. The Morgan fingerprint density at radius 2 is 2.20 bits per heavy atom. The summed E-state index contributed by atoms with van der Waals surface area (Å²) < 4.78 is 0. The zero-order valence-corrected chi connectivity index (χ0v) is 8.01. The summed E-state index contributed by atoms with van der Waals surface area (Å²) in [5.41, 5.74) is 5.97. The number of hydrogen-bond donors (Lipinski definition) is 2. The van der Waals surface area contributed by atoms with Crippen LogP contribution in [0.1, 0.15) is 28.9 Å². The summed E-state index contributed by atoms with van der Waals surface area (Å²) in [6.07, 6.45) is 0. The number of nitro groups is 1. The molecular weight excluding hydrogens is 200 g/mol. The zero-order chi connectivity index (χ0) is 11.6. The van der Waals surface area contributed by atoms with Gasteiger partial charge < -0.3 is 10.8 Å². The lowest BCUT2D eigenvalue weighted by atomic mass is 10.0. The topological polar surface area (TPSA) is 106 Å². The maximum atomic E-state index is 10.6. The molecule has 15 heavy (non-hydrogen) atoms. The predicted molar refractivity (Wildman–Crippen MR) is 53.2 cm³/mol. The minimum Gasteiger partial charge on any atom is -0.478 e. The van der Waals surface area contributed by atoms with Crippen LogP contribution in [0.15, 0.2) is 18.2 Å². The Kier molecular flexibility index (Phi) is 2.89. The Labute approximate surface area is 85.5 Å². The van der Waals surface area contributed by atoms with Crippen LogP contribution in [-0.4, -0.2) is 16.0 Å². The van der Waals surface area contributed by atoms with E-state index in [4.69, 9.17) is 10.8 Å². The molecule has 80 valence electrons. The second-order valence-corrected chi connectivity index (χ2v) is 3.11. The van der Waals surface area contributed by atoms with E-state index >= 15 is 0 Å². The Balaban J connectivity index is 3.22. The number of rotatable bonds is 3. The number of anilines is 1. The maximum Gasteiger partial charge on any atom is 0.335 e. The number of benzene rings is 1. The first-order valence-corrected chi connectivity index (χ1v) is 4.19. The summed E-state index contributed by atoms with van der Waals surface area (Å²) in [5.74, 6) is -1.13. The molecule has 0 fully saturated rings. The highest BCUT2D eigenvalue weighted by atomic mass is 16.6. The van der Waals surface area contributed by atoms with Gasteiger partial charge in [-0.1, -0.05) is 0 Å². The number of carboxylic acid groups (broad SMARTS) is 1. The molecule has 1 aromatic carbocycles. The van der Waals surface area contributed by atoms with Crippen LogP contribution < -0.4 is 5.73 Å². The van der Waals surface area contributed by atoms with Crippen molar-refractivity contribution in [1.82, 2.24) is 0 Å². The second-order valence-electron chi connectivity index (χ2n) is 3.11. The summed E-state index contributed by atoms with van der Waals surface area (Å²) >= 11 is 0.